The molecule has 1 saturated heterocycles. The maximum atomic E-state index is 14.1. The maximum Gasteiger partial charge on any atom is 0.459 e. The van der Waals surface area contributed by atoms with Gasteiger partial charge in [-0.05, 0) is 55.1 Å². The first kappa shape index (κ1) is 31.4. The third-order valence-corrected chi connectivity index (χ3v) is 8.99. The number of nitrogens with one attached hydrogen (secondary N) is 1. The Morgan fingerprint density at radius 3 is 2.68 bits per heavy atom. The molecule has 2 aromatic carbocycles. The van der Waals surface area contributed by atoms with Crippen LogP contribution in [0, 0.1) is 0 Å². The largest absolute Gasteiger partial charge is 0.462 e. The molecule has 15 heteroatoms. The molecule has 0 saturated carbocycles. The number of alkyl halides is 1. The molecular formula is C26H31BrClN4O8P. The summed E-state index contributed by atoms with van der Waals surface area (Å²) in [6.07, 6.45) is -2.78. The fourth-order valence-electron chi connectivity index (χ4n) is 4.27. The summed E-state index contributed by atoms with van der Waals surface area (Å²) in [5, 5.41) is 15.1. The number of aliphatic hydroxyl groups excluding tert-OH is 1. The van der Waals surface area contributed by atoms with Gasteiger partial charge in [0.1, 0.15) is 34.7 Å². The van der Waals surface area contributed by atoms with Crippen LogP contribution >= 0.6 is 35.3 Å². The van der Waals surface area contributed by atoms with Gasteiger partial charge in [-0.15, -0.1) is 11.6 Å². The van der Waals surface area contributed by atoms with Crippen LogP contribution in [0.4, 0.5) is 5.82 Å². The van der Waals surface area contributed by atoms with E-state index in [1.54, 1.807) is 38.1 Å². The standard InChI is InChI=1S/C26H31BrClN4O8P/c1-14(2)38-23(34)15(3)31-41(36,40-19-11-7-9-16-8-5-6-10-17(16)19)37-13-20-21(33)26(4,28)24(39-20)32-12-18(27)22(29)30-25(32)35/h5-12,14-15,20-21,24,33H,13H2,1-4H3,(H,31,36)(H2,29,30,35)/t15-,20-,21-,24-,26-,41?/m1/s1. The van der Waals surface area contributed by atoms with Crippen LogP contribution in [0.1, 0.15) is 33.9 Å². The predicted octanol–water partition coefficient (Wildman–Crippen LogP) is 4.13. The van der Waals surface area contributed by atoms with Gasteiger partial charge in [0, 0.05) is 11.6 Å². The lowest BCUT2D eigenvalue weighted by molar-refractivity contribution is -0.149. The summed E-state index contributed by atoms with van der Waals surface area (Å²) >= 11 is 9.87. The van der Waals surface area contributed by atoms with E-state index in [2.05, 4.69) is 26.0 Å². The predicted molar refractivity (Wildman–Crippen MR) is 157 cm³/mol. The molecule has 0 amide bonds. The van der Waals surface area contributed by atoms with Crippen molar-refractivity contribution in [3.05, 3.63) is 63.6 Å². The lowest BCUT2D eigenvalue weighted by Gasteiger charge is -2.27. The molecule has 4 rings (SSSR count). The SMILES string of the molecule is CC(C)OC(=O)[C@@H](C)NP(=O)(OC[C@H]1O[C@@H](n2cc(Br)c(N)nc2=O)[C@](C)(Cl)[C@@H]1O)Oc1cccc2ccccc12. The van der Waals surface area contributed by atoms with Crippen molar-refractivity contribution in [1.29, 1.82) is 0 Å². The summed E-state index contributed by atoms with van der Waals surface area (Å²) in [5.41, 5.74) is 4.94. The summed E-state index contributed by atoms with van der Waals surface area (Å²) < 4.78 is 38.3. The minimum atomic E-state index is -4.33. The summed E-state index contributed by atoms with van der Waals surface area (Å²) in [6.45, 7) is 5.82. The number of esters is 1. The highest BCUT2D eigenvalue weighted by molar-refractivity contribution is 9.10. The number of nitrogens with zero attached hydrogens (tertiary/aromatic N) is 2. The van der Waals surface area contributed by atoms with Crippen molar-refractivity contribution in [2.45, 2.75) is 63.2 Å². The van der Waals surface area contributed by atoms with E-state index in [0.29, 0.717) is 9.86 Å². The molecule has 4 N–H and O–H groups in total. The van der Waals surface area contributed by atoms with Gasteiger partial charge in [0.2, 0.25) is 0 Å². The van der Waals surface area contributed by atoms with Crippen molar-refractivity contribution in [2.75, 3.05) is 12.3 Å². The topological polar surface area (TPSA) is 164 Å². The Kier molecular flexibility index (Phi) is 9.49. The van der Waals surface area contributed by atoms with Crippen LogP contribution in [0.3, 0.4) is 0 Å². The molecule has 41 heavy (non-hydrogen) atoms. The number of fused-ring (bicyclic) bond motifs is 1. The van der Waals surface area contributed by atoms with Crippen molar-refractivity contribution in [3.8, 4) is 5.75 Å². The van der Waals surface area contributed by atoms with Crippen LogP contribution in [0.25, 0.3) is 10.8 Å². The van der Waals surface area contributed by atoms with E-state index in [9.17, 15) is 19.3 Å². The second-order valence-corrected chi connectivity index (χ2v) is 13.3. The highest BCUT2D eigenvalue weighted by atomic mass is 79.9. The van der Waals surface area contributed by atoms with Gasteiger partial charge < -0.3 is 24.8 Å². The molecule has 1 unspecified atom stereocenters. The summed E-state index contributed by atoms with van der Waals surface area (Å²) in [5.74, 6) is -0.457. The number of nitrogen functional groups attached to an aromatic ring is 1. The number of halogens is 2. The Bertz CT molecular complexity index is 1530. The molecule has 222 valence electrons. The Balaban J connectivity index is 1.60. The molecule has 1 aromatic heterocycles. The number of benzene rings is 2. The number of carbonyl (C=O) groups excluding carboxylic acids is 1. The Labute approximate surface area is 249 Å². The molecule has 0 spiro atoms. The summed E-state index contributed by atoms with van der Waals surface area (Å²) in [7, 11) is -4.33. The van der Waals surface area contributed by atoms with E-state index < -0.39 is 61.5 Å². The van der Waals surface area contributed by atoms with Gasteiger partial charge in [-0.1, -0.05) is 36.4 Å². The molecule has 3 aromatic rings. The van der Waals surface area contributed by atoms with Gasteiger partial charge in [0.15, 0.2) is 6.23 Å². The first-order chi connectivity index (χ1) is 19.2. The van der Waals surface area contributed by atoms with Gasteiger partial charge in [-0.3, -0.25) is 13.9 Å². The average molecular weight is 674 g/mol. The normalized spacial score (nSPS) is 24.7. The zero-order chi connectivity index (χ0) is 30.1. The molecule has 6 atom stereocenters. The first-order valence-electron chi connectivity index (χ1n) is 12.7. The number of hydrogen-bond acceptors (Lipinski definition) is 10. The van der Waals surface area contributed by atoms with Crippen LogP contribution in [0.2, 0.25) is 0 Å². The number of aliphatic hydroxyl groups is 1. The number of nitrogens with two attached hydrogens (primary N) is 1. The fraction of sp³-hybridized carbons (Fsp3) is 0.423. The number of rotatable bonds is 10. The second-order valence-electron chi connectivity index (χ2n) is 9.99. The summed E-state index contributed by atoms with van der Waals surface area (Å²) in [6, 6.07) is 11.4. The van der Waals surface area contributed by atoms with Crippen molar-refractivity contribution in [3.63, 3.8) is 0 Å². The third kappa shape index (κ3) is 6.94. The zero-order valence-electron chi connectivity index (χ0n) is 22.7. The Morgan fingerprint density at radius 2 is 1.98 bits per heavy atom. The van der Waals surface area contributed by atoms with Gasteiger partial charge in [-0.25, -0.2) is 9.36 Å². The minimum Gasteiger partial charge on any atom is -0.462 e. The van der Waals surface area contributed by atoms with E-state index in [4.69, 9.17) is 35.9 Å². The lowest BCUT2D eigenvalue weighted by atomic mass is 10.0. The van der Waals surface area contributed by atoms with Crippen molar-refractivity contribution >= 4 is 57.8 Å². The summed E-state index contributed by atoms with van der Waals surface area (Å²) in [4.78, 5) is 27.3. The maximum absolute atomic E-state index is 14.1. The van der Waals surface area contributed by atoms with Crippen LogP contribution in [0.5, 0.6) is 5.75 Å². The number of anilines is 1. The molecule has 0 radical (unpaired) electrons. The van der Waals surface area contributed by atoms with E-state index >= 15 is 0 Å². The van der Waals surface area contributed by atoms with Crippen LogP contribution in [-0.4, -0.2) is 56.5 Å². The van der Waals surface area contributed by atoms with E-state index in [0.717, 1.165) is 9.95 Å². The molecule has 1 fully saturated rings. The minimum absolute atomic E-state index is 0.0244. The third-order valence-electron chi connectivity index (χ3n) is 6.34. The van der Waals surface area contributed by atoms with Gasteiger partial charge in [0.25, 0.3) is 0 Å². The van der Waals surface area contributed by atoms with Gasteiger partial charge >= 0.3 is 19.4 Å². The Hall–Kier alpha value is -2.51. The number of hydrogen-bond donors (Lipinski definition) is 3. The molecule has 1 aliphatic heterocycles. The van der Waals surface area contributed by atoms with Crippen molar-refractivity contribution in [1.82, 2.24) is 14.6 Å². The molecule has 0 bridgehead atoms. The molecule has 1 aliphatic rings. The first-order valence-corrected chi connectivity index (χ1v) is 15.4. The zero-order valence-corrected chi connectivity index (χ0v) is 25.9. The van der Waals surface area contributed by atoms with Gasteiger partial charge in [0.05, 0.1) is 17.2 Å². The molecule has 0 aliphatic carbocycles. The fourth-order valence-corrected chi connectivity index (χ4v) is 6.39. The molecule has 2 heterocycles. The molecule has 12 nitrogen and oxygen atoms in total. The number of ether oxygens (including phenoxy) is 2. The lowest BCUT2D eigenvalue weighted by Crippen LogP contribution is -2.42. The van der Waals surface area contributed by atoms with Crippen LogP contribution < -0.4 is 21.0 Å². The van der Waals surface area contributed by atoms with Gasteiger partial charge in [-0.2, -0.15) is 10.1 Å². The van der Waals surface area contributed by atoms with E-state index in [1.807, 2.05) is 18.2 Å². The smallest absolute Gasteiger partial charge is 0.459 e. The second kappa shape index (κ2) is 12.4. The van der Waals surface area contributed by atoms with Crippen molar-refractivity contribution < 1.29 is 33.0 Å². The van der Waals surface area contributed by atoms with Crippen LogP contribution in [-0.2, 0) is 23.4 Å². The van der Waals surface area contributed by atoms with Crippen LogP contribution in [0.15, 0.2) is 57.9 Å². The Morgan fingerprint density at radius 1 is 1.29 bits per heavy atom. The number of aromatic nitrogens is 2. The number of carbonyl (C=O) groups is 1. The van der Waals surface area contributed by atoms with Crippen molar-refractivity contribution in [2.24, 2.45) is 0 Å². The monoisotopic (exact) mass is 672 g/mol. The van der Waals surface area contributed by atoms with E-state index in [1.165, 1.54) is 20.0 Å². The average Bonchev–Trinajstić information content (AvgIpc) is 3.13. The van der Waals surface area contributed by atoms with E-state index in [-0.39, 0.29) is 11.6 Å². The highest BCUT2D eigenvalue weighted by Gasteiger charge is 2.54. The molecular weight excluding hydrogens is 643 g/mol. The highest BCUT2D eigenvalue weighted by Crippen LogP contribution is 2.49. The quantitative estimate of drug-likeness (QED) is 0.161.